The molecule has 0 saturated heterocycles. The summed E-state index contributed by atoms with van der Waals surface area (Å²) in [6.07, 6.45) is 5.80. The molecule has 0 aliphatic heterocycles. The summed E-state index contributed by atoms with van der Waals surface area (Å²) < 4.78 is 0. The van der Waals surface area contributed by atoms with Gasteiger partial charge < -0.3 is 0 Å². The van der Waals surface area contributed by atoms with E-state index in [9.17, 15) is 0 Å². The van der Waals surface area contributed by atoms with Gasteiger partial charge in [0.05, 0.1) is 0 Å². The summed E-state index contributed by atoms with van der Waals surface area (Å²) in [7, 11) is 0. The normalized spacial score (nSPS) is 10.4. The minimum atomic E-state index is 0.928. The van der Waals surface area contributed by atoms with Crippen LogP contribution in [-0.2, 0) is 12.8 Å². The molecule has 0 N–H and O–H groups in total. The van der Waals surface area contributed by atoms with Gasteiger partial charge in [0.2, 0.25) is 0 Å². The fraction of sp³-hybridized carbons (Fsp3) is 0.176. The smallest absolute Gasteiger partial charge is 0.00912 e. The maximum atomic E-state index is 3.86. The van der Waals surface area contributed by atoms with Crippen molar-refractivity contribution in [1.82, 2.24) is 0 Å². The Kier molecular flexibility index (Phi) is 3.43. The van der Waals surface area contributed by atoms with E-state index >= 15 is 0 Å². The number of hydrogen-bond donors (Lipinski definition) is 0. The lowest BCUT2D eigenvalue weighted by Crippen LogP contribution is -1.96. The molecule has 2 aromatic rings. The van der Waals surface area contributed by atoms with Gasteiger partial charge in [-0.1, -0.05) is 42.5 Å². The average Bonchev–Trinajstić information content (AvgIpc) is 2.35. The fourth-order valence-corrected chi connectivity index (χ4v) is 2.36. The second-order valence-electron chi connectivity index (χ2n) is 4.35. The van der Waals surface area contributed by atoms with Gasteiger partial charge in [-0.3, -0.25) is 0 Å². The van der Waals surface area contributed by atoms with Crippen LogP contribution in [0.25, 0.3) is 10.8 Å². The number of hydrogen-bond acceptors (Lipinski definition) is 0. The van der Waals surface area contributed by atoms with Gasteiger partial charge in [0.15, 0.2) is 0 Å². The van der Waals surface area contributed by atoms with Crippen molar-refractivity contribution in [3.8, 4) is 0 Å². The zero-order chi connectivity index (χ0) is 12.3. The second-order valence-corrected chi connectivity index (χ2v) is 4.35. The molecule has 0 nitrogen and oxygen atoms in total. The highest BCUT2D eigenvalue weighted by Gasteiger charge is 2.07. The van der Waals surface area contributed by atoms with Crippen LogP contribution in [0, 0.1) is 6.92 Å². The van der Waals surface area contributed by atoms with Crippen LogP contribution in [0.15, 0.2) is 55.6 Å². The number of allylic oxidation sites excluding steroid dienone is 2. The molecule has 0 unspecified atom stereocenters. The standard InChI is InChI=1S/C17H18/c1-4-8-14-12-15-10-6-7-11-17(15)16(9-5-2)13(14)3/h4-7,10-12H,1-2,8-9H2,3H3. The van der Waals surface area contributed by atoms with Crippen LogP contribution in [0.2, 0.25) is 0 Å². The van der Waals surface area contributed by atoms with E-state index in [1.807, 2.05) is 12.2 Å². The number of rotatable bonds is 4. The van der Waals surface area contributed by atoms with Gasteiger partial charge in [-0.05, 0) is 47.2 Å². The predicted molar refractivity (Wildman–Crippen MR) is 76.5 cm³/mol. The molecule has 0 aromatic heterocycles. The van der Waals surface area contributed by atoms with Crippen LogP contribution >= 0.6 is 0 Å². The lowest BCUT2D eigenvalue weighted by molar-refractivity contribution is 1.16. The molecule has 86 valence electrons. The zero-order valence-electron chi connectivity index (χ0n) is 10.4. The van der Waals surface area contributed by atoms with Crippen molar-refractivity contribution in [1.29, 1.82) is 0 Å². The zero-order valence-corrected chi connectivity index (χ0v) is 10.4. The Balaban J connectivity index is 2.74. The lowest BCUT2D eigenvalue weighted by Gasteiger charge is -2.13. The van der Waals surface area contributed by atoms with E-state index in [0.29, 0.717) is 0 Å². The third-order valence-corrected chi connectivity index (χ3v) is 3.26. The first kappa shape index (κ1) is 11.7. The fourth-order valence-electron chi connectivity index (χ4n) is 2.36. The van der Waals surface area contributed by atoms with Crippen molar-refractivity contribution in [2.45, 2.75) is 19.8 Å². The van der Waals surface area contributed by atoms with Gasteiger partial charge in [0.25, 0.3) is 0 Å². The molecule has 0 atom stereocenters. The molecular weight excluding hydrogens is 204 g/mol. The molecule has 0 amide bonds. The summed E-state index contributed by atoms with van der Waals surface area (Å²) >= 11 is 0. The van der Waals surface area contributed by atoms with Crippen LogP contribution in [0.4, 0.5) is 0 Å². The average molecular weight is 222 g/mol. The summed E-state index contributed by atoms with van der Waals surface area (Å²) in [4.78, 5) is 0. The Morgan fingerprint density at radius 3 is 2.47 bits per heavy atom. The monoisotopic (exact) mass is 222 g/mol. The molecule has 2 rings (SSSR count). The summed E-state index contributed by atoms with van der Waals surface area (Å²) in [5.74, 6) is 0. The molecule has 0 spiro atoms. The quantitative estimate of drug-likeness (QED) is 0.663. The molecule has 0 heteroatoms. The van der Waals surface area contributed by atoms with Crippen molar-refractivity contribution in [2.24, 2.45) is 0 Å². The topological polar surface area (TPSA) is 0 Å². The van der Waals surface area contributed by atoms with Gasteiger partial charge in [-0.2, -0.15) is 0 Å². The Bertz CT molecular complexity index is 562. The van der Waals surface area contributed by atoms with E-state index in [-0.39, 0.29) is 0 Å². The lowest BCUT2D eigenvalue weighted by atomic mass is 9.92. The van der Waals surface area contributed by atoms with Crippen molar-refractivity contribution in [3.05, 3.63) is 72.3 Å². The minimum Gasteiger partial charge on any atom is -0.103 e. The number of fused-ring (bicyclic) bond motifs is 1. The van der Waals surface area contributed by atoms with Gasteiger partial charge in [0, 0.05) is 0 Å². The van der Waals surface area contributed by atoms with Gasteiger partial charge in [-0.25, -0.2) is 0 Å². The van der Waals surface area contributed by atoms with E-state index in [1.165, 1.54) is 27.5 Å². The van der Waals surface area contributed by atoms with E-state index < -0.39 is 0 Å². The molecule has 0 heterocycles. The first-order valence-electron chi connectivity index (χ1n) is 5.99. The van der Waals surface area contributed by atoms with Crippen LogP contribution < -0.4 is 0 Å². The number of benzene rings is 2. The van der Waals surface area contributed by atoms with Gasteiger partial charge >= 0.3 is 0 Å². The van der Waals surface area contributed by atoms with Gasteiger partial charge in [-0.15, -0.1) is 13.2 Å². The van der Waals surface area contributed by atoms with E-state index in [4.69, 9.17) is 0 Å². The summed E-state index contributed by atoms with van der Waals surface area (Å²) in [6.45, 7) is 9.89. The van der Waals surface area contributed by atoms with Crippen molar-refractivity contribution in [2.75, 3.05) is 0 Å². The van der Waals surface area contributed by atoms with Crippen molar-refractivity contribution >= 4 is 10.8 Å². The predicted octanol–water partition coefficient (Wildman–Crippen LogP) is 4.61. The first-order chi connectivity index (χ1) is 8.27. The van der Waals surface area contributed by atoms with Gasteiger partial charge in [0.1, 0.15) is 0 Å². The summed E-state index contributed by atoms with van der Waals surface area (Å²) in [6, 6.07) is 10.8. The summed E-state index contributed by atoms with van der Waals surface area (Å²) in [5, 5.41) is 2.66. The highest BCUT2D eigenvalue weighted by atomic mass is 14.1. The van der Waals surface area contributed by atoms with Crippen LogP contribution in [-0.4, -0.2) is 0 Å². The van der Waals surface area contributed by atoms with E-state index in [1.54, 1.807) is 0 Å². The van der Waals surface area contributed by atoms with Crippen molar-refractivity contribution < 1.29 is 0 Å². The largest absolute Gasteiger partial charge is 0.103 e. The highest BCUT2D eigenvalue weighted by molar-refractivity contribution is 5.88. The van der Waals surface area contributed by atoms with E-state index in [2.05, 4.69) is 50.4 Å². The molecule has 0 radical (unpaired) electrons. The van der Waals surface area contributed by atoms with Crippen LogP contribution in [0.1, 0.15) is 16.7 Å². The highest BCUT2D eigenvalue weighted by Crippen LogP contribution is 2.26. The molecule has 2 aromatic carbocycles. The molecule has 0 fully saturated rings. The maximum Gasteiger partial charge on any atom is -0.00912 e. The molecule has 0 aliphatic carbocycles. The Morgan fingerprint density at radius 1 is 1.06 bits per heavy atom. The Hall–Kier alpha value is -1.82. The molecule has 0 bridgehead atoms. The van der Waals surface area contributed by atoms with Crippen LogP contribution in [0.3, 0.4) is 0 Å². The van der Waals surface area contributed by atoms with Crippen molar-refractivity contribution in [3.63, 3.8) is 0 Å². The maximum absolute atomic E-state index is 3.86. The summed E-state index contributed by atoms with van der Waals surface area (Å²) in [5.41, 5.74) is 4.15. The molecule has 17 heavy (non-hydrogen) atoms. The SMILES string of the molecule is C=CCc1cc2ccccc2c(CC=C)c1C. The molecular formula is C17H18. The Labute approximate surface area is 103 Å². The van der Waals surface area contributed by atoms with E-state index in [0.717, 1.165) is 12.8 Å². The third-order valence-electron chi connectivity index (χ3n) is 3.26. The molecule has 0 saturated carbocycles. The first-order valence-corrected chi connectivity index (χ1v) is 5.99. The third kappa shape index (κ3) is 2.16. The Morgan fingerprint density at radius 2 is 1.76 bits per heavy atom. The second kappa shape index (κ2) is 5.01. The van der Waals surface area contributed by atoms with Crippen LogP contribution in [0.5, 0.6) is 0 Å². The minimum absolute atomic E-state index is 0.928. The molecule has 0 aliphatic rings.